The molecule has 7 heteroatoms. The van der Waals surface area contributed by atoms with Crippen LogP contribution in [0, 0.1) is 0 Å². The van der Waals surface area contributed by atoms with Crippen LogP contribution in [-0.4, -0.2) is 55.6 Å². The molecule has 7 nitrogen and oxygen atoms in total. The van der Waals surface area contributed by atoms with Gasteiger partial charge >= 0.3 is 5.97 Å². The number of hydrogen-bond donors (Lipinski definition) is 2. The fourth-order valence-corrected chi connectivity index (χ4v) is 2.20. The van der Waals surface area contributed by atoms with Gasteiger partial charge in [-0.3, -0.25) is 9.78 Å². The summed E-state index contributed by atoms with van der Waals surface area (Å²) in [6, 6.07) is 8.65. The van der Waals surface area contributed by atoms with Crippen LogP contribution in [0.15, 0.2) is 42.7 Å². The number of carbonyl (C=O) groups is 2. The number of anilines is 2. The van der Waals surface area contributed by atoms with Crippen molar-refractivity contribution in [3.63, 3.8) is 0 Å². The predicted octanol–water partition coefficient (Wildman–Crippen LogP) is 2.29. The van der Waals surface area contributed by atoms with E-state index in [2.05, 4.69) is 15.6 Å². The Kier molecular flexibility index (Phi) is 7.11. The normalized spacial score (nSPS) is 10.5. The molecule has 0 saturated heterocycles. The van der Waals surface area contributed by atoms with Gasteiger partial charge in [-0.25, -0.2) is 4.79 Å². The molecule has 0 aliphatic heterocycles. The van der Waals surface area contributed by atoms with Crippen LogP contribution in [0.5, 0.6) is 0 Å². The van der Waals surface area contributed by atoms with Crippen molar-refractivity contribution in [2.24, 2.45) is 0 Å². The number of ether oxygens (including phenoxy) is 1. The summed E-state index contributed by atoms with van der Waals surface area (Å²) in [6.07, 6.45) is 3.16. The van der Waals surface area contributed by atoms with E-state index in [0.29, 0.717) is 30.0 Å². The Morgan fingerprint density at radius 1 is 1.08 bits per heavy atom. The average Bonchev–Trinajstić information content (AvgIpc) is 2.62. The minimum absolute atomic E-state index is 0.166. The highest BCUT2D eigenvalue weighted by Gasteiger charge is 2.08. The van der Waals surface area contributed by atoms with Gasteiger partial charge in [-0.05, 0) is 51.4 Å². The van der Waals surface area contributed by atoms with E-state index >= 15 is 0 Å². The van der Waals surface area contributed by atoms with Crippen LogP contribution in [0.4, 0.5) is 11.4 Å². The zero-order valence-electron chi connectivity index (χ0n) is 15.3. The highest BCUT2D eigenvalue weighted by molar-refractivity contribution is 5.95. The Morgan fingerprint density at radius 2 is 1.81 bits per heavy atom. The number of rotatable bonds is 8. The maximum Gasteiger partial charge on any atom is 0.338 e. The molecule has 2 N–H and O–H groups in total. The van der Waals surface area contributed by atoms with Crippen molar-refractivity contribution in [2.75, 3.05) is 39.1 Å². The quantitative estimate of drug-likeness (QED) is 0.706. The molecule has 0 atom stereocenters. The molecular weight excluding hydrogens is 332 g/mol. The number of aromatic nitrogens is 1. The number of esters is 1. The fourth-order valence-electron chi connectivity index (χ4n) is 2.20. The number of amides is 1. The molecule has 2 rings (SSSR count). The zero-order chi connectivity index (χ0) is 18.9. The van der Waals surface area contributed by atoms with Crippen molar-refractivity contribution in [1.82, 2.24) is 15.2 Å². The van der Waals surface area contributed by atoms with Crippen LogP contribution < -0.4 is 10.6 Å². The molecule has 1 aromatic heterocycles. The number of hydrogen-bond acceptors (Lipinski definition) is 6. The van der Waals surface area contributed by atoms with Gasteiger partial charge in [-0.15, -0.1) is 0 Å². The van der Waals surface area contributed by atoms with Gasteiger partial charge in [0.25, 0.3) is 5.91 Å². The predicted molar refractivity (Wildman–Crippen MR) is 101 cm³/mol. The Labute approximate surface area is 153 Å². The molecule has 26 heavy (non-hydrogen) atoms. The number of likely N-dealkylation sites (N-methyl/N-ethyl adjacent to an activating group) is 1. The Morgan fingerprint density at radius 3 is 2.46 bits per heavy atom. The van der Waals surface area contributed by atoms with Crippen molar-refractivity contribution in [3.05, 3.63) is 53.9 Å². The van der Waals surface area contributed by atoms with Crippen LogP contribution >= 0.6 is 0 Å². The van der Waals surface area contributed by atoms with E-state index in [1.165, 1.54) is 6.20 Å². The lowest BCUT2D eigenvalue weighted by Crippen LogP contribution is -2.31. The minimum atomic E-state index is -0.350. The number of nitrogens with one attached hydrogen (secondary N) is 2. The highest BCUT2D eigenvalue weighted by atomic mass is 16.5. The maximum absolute atomic E-state index is 12.2. The van der Waals surface area contributed by atoms with E-state index < -0.39 is 0 Å². The first-order valence-electron chi connectivity index (χ1n) is 8.41. The molecule has 0 fully saturated rings. The van der Waals surface area contributed by atoms with Crippen LogP contribution in [0.1, 0.15) is 27.6 Å². The van der Waals surface area contributed by atoms with E-state index in [0.717, 1.165) is 12.2 Å². The zero-order valence-corrected chi connectivity index (χ0v) is 15.3. The van der Waals surface area contributed by atoms with Gasteiger partial charge in [0.05, 0.1) is 29.6 Å². The molecule has 0 bridgehead atoms. The molecule has 1 heterocycles. The molecule has 0 saturated carbocycles. The Balaban J connectivity index is 1.99. The highest BCUT2D eigenvalue weighted by Crippen LogP contribution is 2.18. The van der Waals surface area contributed by atoms with Gasteiger partial charge in [0.2, 0.25) is 0 Å². The molecule has 0 spiro atoms. The maximum atomic E-state index is 12.2. The van der Waals surface area contributed by atoms with Crippen molar-refractivity contribution in [1.29, 1.82) is 0 Å². The topological polar surface area (TPSA) is 83.6 Å². The van der Waals surface area contributed by atoms with Crippen molar-refractivity contribution >= 4 is 23.3 Å². The minimum Gasteiger partial charge on any atom is -0.462 e. The molecule has 0 unspecified atom stereocenters. The van der Waals surface area contributed by atoms with E-state index in [1.807, 2.05) is 19.0 Å². The SMILES string of the molecule is CCOC(=O)c1ccc(Nc2cncc(C(=O)NCCN(C)C)c2)cc1. The number of nitrogens with zero attached hydrogens (tertiary/aromatic N) is 2. The van der Waals surface area contributed by atoms with E-state index in [4.69, 9.17) is 4.74 Å². The second-order valence-corrected chi connectivity index (χ2v) is 5.94. The van der Waals surface area contributed by atoms with Gasteiger partial charge in [-0.1, -0.05) is 0 Å². The lowest BCUT2D eigenvalue weighted by Gasteiger charge is -2.11. The van der Waals surface area contributed by atoms with Crippen LogP contribution in [0.25, 0.3) is 0 Å². The summed E-state index contributed by atoms with van der Waals surface area (Å²) in [7, 11) is 3.90. The summed E-state index contributed by atoms with van der Waals surface area (Å²) in [5.74, 6) is -0.516. The largest absolute Gasteiger partial charge is 0.462 e. The Hall–Kier alpha value is -2.93. The second-order valence-electron chi connectivity index (χ2n) is 5.94. The summed E-state index contributed by atoms with van der Waals surface area (Å²) in [5.41, 5.74) is 2.45. The summed E-state index contributed by atoms with van der Waals surface area (Å²) in [6.45, 7) is 3.45. The third kappa shape index (κ3) is 5.86. The monoisotopic (exact) mass is 356 g/mol. The molecule has 2 aromatic rings. The van der Waals surface area contributed by atoms with Gasteiger partial charge in [0.15, 0.2) is 0 Å². The molecule has 0 aliphatic carbocycles. The molecular formula is C19H24N4O3. The summed E-state index contributed by atoms with van der Waals surface area (Å²) >= 11 is 0. The third-order valence-corrected chi connectivity index (χ3v) is 3.53. The van der Waals surface area contributed by atoms with Gasteiger partial charge in [-0.2, -0.15) is 0 Å². The second kappa shape index (κ2) is 9.53. The van der Waals surface area contributed by atoms with E-state index in [-0.39, 0.29) is 11.9 Å². The summed E-state index contributed by atoms with van der Waals surface area (Å²) in [5, 5.41) is 6.02. The number of benzene rings is 1. The van der Waals surface area contributed by atoms with Gasteiger partial charge in [0.1, 0.15) is 0 Å². The molecule has 1 aromatic carbocycles. The number of pyridine rings is 1. The Bertz CT molecular complexity index is 745. The standard InChI is InChI=1S/C19H24N4O3/c1-4-26-19(25)14-5-7-16(8-6-14)22-17-11-15(12-20-13-17)18(24)21-9-10-23(2)3/h5-8,11-13,22H,4,9-10H2,1-3H3,(H,21,24). The third-order valence-electron chi connectivity index (χ3n) is 3.53. The lowest BCUT2D eigenvalue weighted by atomic mass is 10.2. The first-order valence-corrected chi connectivity index (χ1v) is 8.41. The first-order chi connectivity index (χ1) is 12.5. The smallest absolute Gasteiger partial charge is 0.338 e. The van der Waals surface area contributed by atoms with Crippen LogP contribution in [0.2, 0.25) is 0 Å². The fraction of sp³-hybridized carbons (Fsp3) is 0.316. The van der Waals surface area contributed by atoms with Crippen molar-refractivity contribution in [2.45, 2.75) is 6.92 Å². The van der Waals surface area contributed by atoms with Crippen molar-refractivity contribution < 1.29 is 14.3 Å². The van der Waals surface area contributed by atoms with Gasteiger partial charge < -0.3 is 20.3 Å². The summed E-state index contributed by atoms with van der Waals surface area (Å²) < 4.78 is 4.96. The van der Waals surface area contributed by atoms with E-state index in [9.17, 15) is 9.59 Å². The molecule has 138 valence electrons. The van der Waals surface area contributed by atoms with E-state index in [1.54, 1.807) is 43.5 Å². The van der Waals surface area contributed by atoms with Crippen LogP contribution in [0.3, 0.4) is 0 Å². The molecule has 1 amide bonds. The van der Waals surface area contributed by atoms with Gasteiger partial charge in [0, 0.05) is 25.0 Å². The molecule has 0 radical (unpaired) electrons. The van der Waals surface area contributed by atoms with Crippen LogP contribution in [-0.2, 0) is 4.74 Å². The first kappa shape index (κ1) is 19.4. The van der Waals surface area contributed by atoms with Crippen molar-refractivity contribution in [3.8, 4) is 0 Å². The molecule has 0 aliphatic rings. The number of carbonyl (C=O) groups excluding carboxylic acids is 2. The summed E-state index contributed by atoms with van der Waals surface area (Å²) in [4.78, 5) is 29.9. The average molecular weight is 356 g/mol. The lowest BCUT2D eigenvalue weighted by molar-refractivity contribution is 0.0526.